The third-order valence-corrected chi connectivity index (χ3v) is 1.35. The third-order valence-electron chi connectivity index (χ3n) is 1.35. The number of imide groups is 1. The molecule has 1 rings (SSSR count). The minimum atomic E-state index is -1.08. The van der Waals surface area contributed by atoms with Crippen LogP contribution in [-0.2, 0) is 4.79 Å². The fourth-order valence-corrected chi connectivity index (χ4v) is 0.798. The molecular weight excluding hydrogens is 148 g/mol. The highest BCUT2D eigenvalue weighted by atomic mass is 16.3. The topological polar surface area (TPSA) is 69.6 Å². The van der Waals surface area contributed by atoms with Gasteiger partial charge in [0.1, 0.15) is 12.8 Å². The Labute approximate surface area is 63.3 Å². The molecule has 1 aliphatic rings. The quantitative estimate of drug-likeness (QED) is 0.399. The summed E-state index contributed by atoms with van der Waals surface area (Å²) in [7, 11) is 0. The maximum absolute atomic E-state index is 10.8. The van der Waals surface area contributed by atoms with E-state index in [0.29, 0.717) is 0 Å². The van der Waals surface area contributed by atoms with Crippen molar-refractivity contribution >= 4 is 11.9 Å². The van der Waals surface area contributed by atoms with Gasteiger partial charge in [0.15, 0.2) is 0 Å². The second-order valence-electron chi connectivity index (χ2n) is 2.13. The first-order valence-electron chi connectivity index (χ1n) is 3.06. The summed E-state index contributed by atoms with van der Waals surface area (Å²) >= 11 is 0. The smallest absolute Gasteiger partial charge is 0.326 e. The molecule has 1 atom stereocenters. The van der Waals surface area contributed by atoms with Crippen molar-refractivity contribution in [2.45, 2.75) is 6.23 Å². The molecule has 0 spiro atoms. The van der Waals surface area contributed by atoms with Crippen LogP contribution in [0.3, 0.4) is 0 Å². The number of aliphatic hydroxyl groups excluding tert-OH is 1. The lowest BCUT2D eigenvalue weighted by Gasteiger charge is -2.16. The van der Waals surface area contributed by atoms with E-state index in [1.807, 2.05) is 5.32 Å². The van der Waals surface area contributed by atoms with Crippen molar-refractivity contribution in [1.82, 2.24) is 10.2 Å². The number of nitrogens with one attached hydrogen (secondary N) is 1. The lowest BCUT2D eigenvalue weighted by Crippen LogP contribution is -2.36. The van der Waals surface area contributed by atoms with E-state index >= 15 is 0 Å². The molecule has 1 heterocycles. The first-order chi connectivity index (χ1) is 5.15. The number of hydrogen-bond donors (Lipinski definition) is 2. The summed E-state index contributed by atoms with van der Waals surface area (Å²) in [5, 5.41) is 11.1. The zero-order chi connectivity index (χ0) is 8.43. The Hall–Kier alpha value is -1.36. The average Bonchev–Trinajstić information content (AvgIpc) is 2.28. The number of aliphatic hydroxyl groups is 1. The number of carbonyl (C=O) groups is 2. The summed E-state index contributed by atoms with van der Waals surface area (Å²) in [6.45, 7) is 3.18. The van der Waals surface area contributed by atoms with Crippen LogP contribution in [0.15, 0.2) is 12.7 Å². The van der Waals surface area contributed by atoms with Gasteiger partial charge in [-0.3, -0.25) is 15.0 Å². The Morgan fingerprint density at radius 1 is 1.73 bits per heavy atom. The standard InChI is InChI=1S/C6H8N2O3/c1-2-5(10)8-3-4(9)7-6(8)11/h2,5,10H,1,3H2,(H,7,9,11). The molecule has 60 valence electrons. The van der Waals surface area contributed by atoms with E-state index in [4.69, 9.17) is 5.11 Å². The van der Waals surface area contributed by atoms with Crippen molar-refractivity contribution in [2.24, 2.45) is 0 Å². The van der Waals surface area contributed by atoms with Gasteiger partial charge < -0.3 is 5.11 Å². The zero-order valence-corrected chi connectivity index (χ0v) is 5.78. The molecule has 11 heavy (non-hydrogen) atoms. The van der Waals surface area contributed by atoms with Crippen molar-refractivity contribution in [3.8, 4) is 0 Å². The summed E-state index contributed by atoms with van der Waals surface area (Å²) in [6.07, 6.45) is 0.0968. The van der Waals surface area contributed by atoms with Crippen LogP contribution in [0.25, 0.3) is 0 Å². The number of hydrogen-bond acceptors (Lipinski definition) is 3. The van der Waals surface area contributed by atoms with Crippen LogP contribution < -0.4 is 5.32 Å². The van der Waals surface area contributed by atoms with Crippen molar-refractivity contribution < 1.29 is 14.7 Å². The molecule has 0 aromatic carbocycles. The van der Waals surface area contributed by atoms with E-state index in [1.165, 1.54) is 6.08 Å². The van der Waals surface area contributed by atoms with Gasteiger partial charge in [0, 0.05) is 0 Å². The first-order valence-corrected chi connectivity index (χ1v) is 3.06. The lowest BCUT2D eigenvalue weighted by molar-refractivity contribution is -0.119. The molecule has 1 saturated heterocycles. The van der Waals surface area contributed by atoms with Gasteiger partial charge in [0.25, 0.3) is 0 Å². The molecule has 2 N–H and O–H groups in total. The molecule has 0 aromatic heterocycles. The summed E-state index contributed by atoms with van der Waals surface area (Å²) in [6, 6.07) is -0.581. The van der Waals surface area contributed by atoms with Crippen molar-refractivity contribution in [3.05, 3.63) is 12.7 Å². The molecule has 1 fully saturated rings. The monoisotopic (exact) mass is 156 g/mol. The molecule has 0 radical (unpaired) electrons. The molecular formula is C6H8N2O3. The Morgan fingerprint density at radius 3 is 2.73 bits per heavy atom. The van der Waals surface area contributed by atoms with E-state index < -0.39 is 18.2 Å². The highest BCUT2D eigenvalue weighted by molar-refractivity contribution is 6.02. The minimum absolute atomic E-state index is 0.105. The Kier molecular flexibility index (Phi) is 1.91. The molecule has 5 nitrogen and oxygen atoms in total. The molecule has 1 unspecified atom stereocenters. The lowest BCUT2D eigenvalue weighted by atomic mass is 10.5. The van der Waals surface area contributed by atoms with Crippen LogP contribution in [0, 0.1) is 0 Å². The fourth-order valence-electron chi connectivity index (χ4n) is 0.798. The number of urea groups is 1. The van der Waals surface area contributed by atoms with Crippen LogP contribution in [0.1, 0.15) is 0 Å². The van der Waals surface area contributed by atoms with Crippen molar-refractivity contribution in [1.29, 1.82) is 0 Å². The second kappa shape index (κ2) is 2.71. The molecule has 1 aliphatic heterocycles. The van der Waals surface area contributed by atoms with Crippen LogP contribution in [-0.4, -0.2) is 34.7 Å². The molecule has 3 amide bonds. The summed E-state index contributed by atoms with van der Waals surface area (Å²) in [5.41, 5.74) is 0. The van der Waals surface area contributed by atoms with Gasteiger partial charge in [-0.2, -0.15) is 0 Å². The SMILES string of the molecule is C=CC(O)N1CC(=O)NC1=O. The largest absolute Gasteiger partial charge is 0.370 e. The van der Waals surface area contributed by atoms with E-state index in [2.05, 4.69) is 6.58 Å². The number of rotatable bonds is 2. The highest BCUT2D eigenvalue weighted by Crippen LogP contribution is 2.02. The number of amides is 3. The fraction of sp³-hybridized carbons (Fsp3) is 0.333. The predicted octanol–water partition coefficient (Wildman–Crippen LogP) is -0.957. The molecule has 0 saturated carbocycles. The first kappa shape index (κ1) is 7.74. The summed E-state index contributed by atoms with van der Waals surface area (Å²) in [4.78, 5) is 22.3. The molecule has 0 bridgehead atoms. The van der Waals surface area contributed by atoms with E-state index in [1.54, 1.807) is 0 Å². The summed E-state index contributed by atoms with van der Waals surface area (Å²) in [5.74, 6) is -0.407. The van der Waals surface area contributed by atoms with Gasteiger partial charge in [0.05, 0.1) is 0 Å². The van der Waals surface area contributed by atoms with Gasteiger partial charge in [0.2, 0.25) is 5.91 Å². The van der Waals surface area contributed by atoms with Gasteiger partial charge in [-0.05, 0) is 6.08 Å². The molecule has 0 aliphatic carbocycles. The average molecular weight is 156 g/mol. The normalized spacial score (nSPS) is 19.9. The Balaban J connectivity index is 2.66. The number of carbonyl (C=O) groups excluding carboxylic acids is 2. The summed E-state index contributed by atoms with van der Waals surface area (Å²) < 4.78 is 0. The van der Waals surface area contributed by atoms with Gasteiger partial charge in [-0.15, -0.1) is 0 Å². The Bertz CT molecular complexity index is 214. The van der Waals surface area contributed by atoms with Crippen LogP contribution >= 0.6 is 0 Å². The van der Waals surface area contributed by atoms with E-state index in [0.717, 1.165) is 4.90 Å². The van der Waals surface area contributed by atoms with Crippen LogP contribution in [0.4, 0.5) is 4.79 Å². The second-order valence-corrected chi connectivity index (χ2v) is 2.13. The maximum atomic E-state index is 10.8. The van der Waals surface area contributed by atoms with Gasteiger partial charge in [-0.1, -0.05) is 6.58 Å². The van der Waals surface area contributed by atoms with Gasteiger partial charge >= 0.3 is 6.03 Å². The van der Waals surface area contributed by atoms with Crippen molar-refractivity contribution in [2.75, 3.05) is 6.54 Å². The Morgan fingerprint density at radius 2 is 2.36 bits per heavy atom. The maximum Gasteiger partial charge on any atom is 0.326 e. The zero-order valence-electron chi connectivity index (χ0n) is 5.78. The van der Waals surface area contributed by atoms with Crippen LogP contribution in [0.2, 0.25) is 0 Å². The van der Waals surface area contributed by atoms with E-state index in [9.17, 15) is 9.59 Å². The van der Waals surface area contributed by atoms with Crippen LogP contribution in [0.5, 0.6) is 0 Å². The third kappa shape index (κ3) is 1.38. The molecule has 5 heteroatoms. The highest BCUT2D eigenvalue weighted by Gasteiger charge is 2.29. The minimum Gasteiger partial charge on any atom is -0.370 e. The molecule has 0 aromatic rings. The number of nitrogens with zero attached hydrogens (tertiary/aromatic N) is 1. The van der Waals surface area contributed by atoms with Gasteiger partial charge in [-0.25, -0.2) is 4.79 Å². The predicted molar refractivity (Wildman–Crippen MR) is 36.4 cm³/mol. The van der Waals surface area contributed by atoms with E-state index in [-0.39, 0.29) is 6.54 Å². The van der Waals surface area contributed by atoms with Crippen molar-refractivity contribution in [3.63, 3.8) is 0 Å².